The molecule has 0 saturated carbocycles. The molecule has 0 aliphatic carbocycles. The topological polar surface area (TPSA) is 57.6 Å². The van der Waals surface area contributed by atoms with Crippen molar-refractivity contribution in [1.29, 1.82) is 0 Å². The zero-order valence-corrected chi connectivity index (χ0v) is 14.0. The van der Waals surface area contributed by atoms with E-state index >= 15 is 0 Å². The number of aliphatic hydroxyl groups excluding tert-OH is 1. The third-order valence-electron chi connectivity index (χ3n) is 3.36. The summed E-state index contributed by atoms with van der Waals surface area (Å²) < 4.78 is 26.5. The number of hydrogen-bond acceptors (Lipinski definition) is 4. The second-order valence-corrected chi connectivity index (χ2v) is 8.03. The highest BCUT2D eigenvalue weighted by molar-refractivity contribution is 7.89. The van der Waals surface area contributed by atoms with E-state index in [0.717, 1.165) is 5.56 Å². The molecule has 0 aliphatic heterocycles. The Labute approximate surface area is 133 Å². The number of thiophene rings is 1. The summed E-state index contributed by atoms with van der Waals surface area (Å²) in [5, 5.41) is 11.1. The quantitative estimate of drug-likeness (QED) is 0.904. The number of halogens is 1. The molecule has 1 atom stereocenters. The molecule has 2 aromatic rings. The number of nitrogens with zero attached hydrogens (tertiary/aromatic N) is 1. The van der Waals surface area contributed by atoms with Gasteiger partial charge in [-0.1, -0.05) is 29.8 Å². The Balaban J connectivity index is 2.34. The van der Waals surface area contributed by atoms with Gasteiger partial charge in [0.25, 0.3) is 0 Å². The number of benzene rings is 1. The van der Waals surface area contributed by atoms with E-state index in [1.165, 1.54) is 34.1 Å². The number of sulfonamides is 1. The van der Waals surface area contributed by atoms with E-state index < -0.39 is 10.0 Å². The van der Waals surface area contributed by atoms with Crippen LogP contribution >= 0.6 is 22.9 Å². The number of hydrogen-bond donors (Lipinski definition) is 1. The van der Waals surface area contributed by atoms with Crippen molar-refractivity contribution in [2.45, 2.75) is 24.5 Å². The molecule has 0 amide bonds. The van der Waals surface area contributed by atoms with Crippen LogP contribution in [0.25, 0.3) is 0 Å². The van der Waals surface area contributed by atoms with Gasteiger partial charge in [0.2, 0.25) is 10.0 Å². The maximum Gasteiger partial charge on any atom is 0.244 e. The fourth-order valence-corrected chi connectivity index (χ4v) is 4.72. The van der Waals surface area contributed by atoms with E-state index in [9.17, 15) is 8.42 Å². The van der Waals surface area contributed by atoms with Gasteiger partial charge in [-0.15, -0.1) is 11.3 Å². The number of aliphatic hydroxyl groups is 1. The third-order valence-corrected chi connectivity index (χ3v) is 6.68. The molecule has 1 aromatic heterocycles. The largest absolute Gasteiger partial charge is 0.391 e. The van der Waals surface area contributed by atoms with Gasteiger partial charge in [0.05, 0.1) is 11.5 Å². The predicted molar refractivity (Wildman–Crippen MR) is 85.1 cm³/mol. The third kappa shape index (κ3) is 3.30. The van der Waals surface area contributed by atoms with Gasteiger partial charge in [-0.2, -0.15) is 4.31 Å². The zero-order chi connectivity index (χ0) is 15.6. The summed E-state index contributed by atoms with van der Waals surface area (Å²) in [5.74, 6) is 0. The Morgan fingerprint density at radius 1 is 1.38 bits per heavy atom. The van der Waals surface area contributed by atoms with Crippen molar-refractivity contribution in [2.75, 3.05) is 7.05 Å². The minimum atomic E-state index is -3.62. The average Bonchev–Trinajstić information content (AvgIpc) is 2.96. The van der Waals surface area contributed by atoms with Gasteiger partial charge in [-0.25, -0.2) is 8.42 Å². The Hall–Kier alpha value is -0.920. The maximum absolute atomic E-state index is 12.6. The van der Waals surface area contributed by atoms with Gasteiger partial charge < -0.3 is 5.11 Å². The fourth-order valence-electron chi connectivity index (χ4n) is 1.96. The van der Waals surface area contributed by atoms with E-state index in [-0.39, 0.29) is 17.5 Å². The highest BCUT2D eigenvalue weighted by Gasteiger charge is 2.28. The van der Waals surface area contributed by atoms with Crippen LogP contribution in [0.3, 0.4) is 0 Å². The van der Waals surface area contributed by atoms with E-state index in [0.29, 0.717) is 9.90 Å². The van der Waals surface area contributed by atoms with Crippen LogP contribution in [0, 0.1) is 0 Å². The van der Waals surface area contributed by atoms with Gasteiger partial charge in [0.15, 0.2) is 0 Å². The SMILES string of the molecule is CC(c1ccccc1Cl)N(C)S(=O)(=O)c1csc(CO)c1. The lowest BCUT2D eigenvalue weighted by atomic mass is 10.1. The molecule has 4 nitrogen and oxygen atoms in total. The van der Waals surface area contributed by atoms with Crippen LogP contribution in [0.4, 0.5) is 0 Å². The Morgan fingerprint density at radius 2 is 2.05 bits per heavy atom. The number of rotatable bonds is 5. The zero-order valence-electron chi connectivity index (χ0n) is 11.7. The summed E-state index contributed by atoms with van der Waals surface area (Å²) in [6, 6.07) is 8.29. The summed E-state index contributed by atoms with van der Waals surface area (Å²) in [6.07, 6.45) is 0. The lowest BCUT2D eigenvalue weighted by Gasteiger charge is -2.24. The van der Waals surface area contributed by atoms with Crippen molar-refractivity contribution in [3.8, 4) is 0 Å². The van der Waals surface area contributed by atoms with Crippen molar-refractivity contribution < 1.29 is 13.5 Å². The van der Waals surface area contributed by atoms with Gasteiger partial charge in [-0.3, -0.25) is 0 Å². The molecule has 0 fully saturated rings. The molecule has 0 bridgehead atoms. The van der Waals surface area contributed by atoms with Crippen LogP contribution in [0.5, 0.6) is 0 Å². The van der Waals surface area contributed by atoms with Crippen molar-refractivity contribution in [1.82, 2.24) is 4.31 Å². The van der Waals surface area contributed by atoms with Crippen LogP contribution in [-0.4, -0.2) is 24.9 Å². The Bertz CT molecular complexity index is 727. The molecule has 1 heterocycles. The molecule has 0 aliphatic rings. The highest BCUT2D eigenvalue weighted by Crippen LogP contribution is 2.31. The van der Waals surface area contributed by atoms with Crippen LogP contribution in [-0.2, 0) is 16.6 Å². The lowest BCUT2D eigenvalue weighted by molar-refractivity contribution is 0.285. The van der Waals surface area contributed by atoms with Gasteiger partial charge in [0.1, 0.15) is 0 Å². The molecule has 114 valence electrons. The van der Waals surface area contributed by atoms with Crippen LogP contribution < -0.4 is 0 Å². The summed E-state index contributed by atoms with van der Waals surface area (Å²) in [6.45, 7) is 1.63. The van der Waals surface area contributed by atoms with E-state index in [4.69, 9.17) is 16.7 Å². The summed E-state index contributed by atoms with van der Waals surface area (Å²) >= 11 is 7.36. The van der Waals surface area contributed by atoms with Crippen LogP contribution in [0.2, 0.25) is 5.02 Å². The second kappa shape index (κ2) is 6.46. The van der Waals surface area contributed by atoms with E-state index in [1.54, 1.807) is 19.1 Å². The first-order chi connectivity index (χ1) is 9.87. The molecule has 0 saturated heterocycles. The molecule has 1 unspecified atom stereocenters. The summed E-state index contributed by atoms with van der Waals surface area (Å²) in [4.78, 5) is 0.810. The minimum absolute atomic E-state index is 0.163. The standard InChI is InChI=1S/C14H16ClNO3S2/c1-10(13-5-3-4-6-14(13)15)16(2)21(18,19)12-7-11(8-17)20-9-12/h3-7,9-10,17H,8H2,1-2H3. The molecule has 21 heavy (non-hydrogen) atoms. The first-order valence-corrected chi connectivity index (χ1v) is 8.98. The first kappa shape index (κ1) is 16.5. The van der Waals surface area contributed by atoms with E-state index in [2.05, 4.69) is 0 Å². The normalized spacial score (nSPS) is 13.6. The predicted octanol–water partition coefficient (Wildman–Crippen LogP) is 3.28. The highest BCUT2D eigenvalue weighted by atomic mass is 35.5. The monoisotopic (exact) mass is 345 g/mol. The molecular formula is C14H16ClNO3S2. The van der Waals surface area contributed by atoms with E-state index in [1.807, 2.05) is 12.1 Å². The van der Waals surface area contributed by atoms with Crippen molar-refractivity contribution in [2.24, 2.45) is 0 Å². The van der Waals surface area contributed by atoms with Gasteiger partial charge >= 0.3 is 0 Å². The first-order valence-electron chi connectivity index (χ1n) is 6.28. The molecular weight excluding hydrogens is 330 g/mol. The smallest absolute Gasteiger partial charge is 0.244 e. The Morgan fingerprint density at radius 3 is 2.62 bits per heavy atom. The second-order valence-electron chi connectivity index (χ2n) is 4.63. The summed E-state index contributed by atoms with van der Waals surface area (Å²) in [5.41, 5.74) is 0.753. The minimum Gasteiger partial charge on any atom is -0.391 e. The summed E-state index contributed by atoms with van der Waals surface area (Å²) in [7, 11) is -2.09. The molecule has 1 aromatic carbocycles. The van der Waals surface area contributed by atoms with Crippen LogP contribution in [0.1, 0.15) is 23.4 Å². The van der Waals surface area contributed by atoms with Gasteiger partial charge in [-0.05, 0) is 24.6 Å². The molecule has 0 spiro atoms. The van der Waals surface area contributed by atoms with Crippen molar-refractivity contribution in [3.63, 3.8) is 0 Å². The fraction of sp³-hybridized carbons (Fsp3) is 0.286. The van der Waals surface area contributed by atoms with Gasteiger partial charge in [0, 0.05) is 28.4 Å². The molecule has 1 N–H and O–H groups in total. The molecule has 0 radical (unpaired) electrons. The molecule has 2 rings (SSSR count). The van der Waals surface area contributed by atoms with Crippen molar-refractivity contribution >= 4 is 33.0 Å². The maximum atomic E-state index is 12.6. The lowest BCUT2D eigenvalue weighted by Crippen LogP contribution is -2.29. The molecule has 7 heteroatoms. The average molecular weight is 346 g/mol. The van der Waals surface area contributed by atoms with Crippen molar-refractivity contribution in [3.05, 3.63) is 51.2 Å². The van der Waals surface area contributed by atoms with Crippen LogP contribution in [0.15, 0.2) is 40.6 Å². The Kier molecular flexibility index (Phi) is 5.06.